The number of amides is 2. The number of unbranched alkanes of at least 4 members (excludes halogenated alkanes) is 1. The van der Waals surface area contributed by atoms with Crippen molar-refractivity contribution in [2.75, 3.05) is 6.54 Å². The molecule has 1 aromatic carbocycles. The number of nitrogens with zero attached hydrogens (tertiary/aromatic N) is 4. The molecule has 0 saturated carbocycles. The molecule has 3 aromatic rings. The van der Waals surface area contributed by atoms with Gasteiger partial charge in [0.25, 0.3) is 11.8 Å². The third-order valence-electron chi connectivity index (χ3n) is 3.99. The third-order valence-corrected chi connectivity index (χ3v) is 4.86. The SMILES string of the molecule is N#CCCCn1c(O)c(N=NC(=O)CNC(=O)c2cccs2)c2ccccc21. The summed E-state index contributed by atoms with van der Waals surface area (Å²) in [4.78, 5) is 24.3. The van der Waals surface area contributed by atoms with Gasteiger partial charge in [0, 0.05) is 18.4 Å². The molecule has 0 aliphatic heterocycles. The summed E-state index contributed by atoms with van der Waals surface area (Å²) in [6, 6.07) is 12.7. The number of aromatic hydroxyl groups is 1. The molecule has 0 bridgehead atoms. The Kier molecular flexibility index (Phi) is 6.14. The van der Waals surface area contributed by atoms with Crippen LogP contribution in [-0.2, 0) is 11.3 Å². The van der Waals surface area contributed by atoms with Gasteiger partial charge in [0.1, 0.15) is 6.54 Å². The van der Waals surface area contributed by atoms with Crippen molar-refractivity contribution in [1.29, 1.82) is 5.26 Å². The molecule has 0 saturated heterocycles. The van der Waals surface area contributed by atoms with Crippen LogP contribution in [0.5, 0.6) is 5.88 Å². The van der Waals surface area contributed by atoms with Crippen LogP contribution in [0.3, 0.4) is 0 Å². The lowest BCUT2D eigenvalue weighted by molar-refractivity contribution is -0.117. The fourth-order valence-electron chi connectivity index (χ4n) is 2.70. The molecule has 142 valence electrons. The quantitative estimate of drug-likeness (QED) is 0.467. The van der Waals surface area contributed by atoms with Crippen LogP contribution >= 0.6 is 11.3 Å². The zero-order valence-electron chi connectivity index (χ0n) is 14.8. The highest BCUT2D eigenvalue weighted by Gasteiger charge is 2.16. The average molecular weight is 395 g/mol. The number of carbonyl (C=O) groups excluding carboxylic acids is 2. The molecule has 0 atom stereocenters. The molecule has 0 radical (unpaired) electrons. The second-order valence-electron chi connectivity index (χ2n) is 5.86. The monoisotopic (exact) mass is 395 g/mol. The minimum atomic E-state index is -0.634. The van der Waals surface area contributed by atoms with Crippen molar-refractivity contribution in [1.82, 2.24) is 9.88 Å². The number of benzene rings is 1. The molecular formula is C19H17N5O3S. The van der Waals surface area contributed by atoms with Crippen LogP contribution < -0.4 is 5.32 Å². The van der Waals surface area contributed by atoms with E-state index in [-0.39, 0.29) is 24.0 Å². The van der Waals surface area contributed by atoms with E-state index >= 15 is 0 Å². The van der Waals surface area contributed by atoms with Gasteiger partial charge >= 0.3 is 0 Å². The third kappa shape index (κ3) is 4.24. The Balaban J connectivity index is 1.74. The van der Waals surface area contributed by atoms with E-state index in [0.717, 1.165) is 5.52 Å². The summed E-state index contributed by atoms with van der Waals surface area (Å²) < 4.78 is 1.64. The first-order valence-corrected chi connectivity index (χ1v) is 9.43. The molecule has 2 heterocycles. The van der Waals surface area contributed by atoms with Crippen molar-refractivity contribution in [3.63, 3.8) is 0 Å². The standard InChI is InChI=1S/C19H17N5O3S/c20-9-3-4-10-24-14-7-2-1-6-13(14)17(19(24)27)23-22-16(25)12-21-18(26)15-8-5-11-28-15/h1-2,5-8,11,27H,3-4,10,12H2,(H,21,26). The summed E-state index contributed by atoms with van der Waals surface area (Å²) in [6.45, 7) is 0.155. The number of thiophene rings is 1. The molecule has 8 nitrogen and oxygen atoms in total. The highest BCUT2D eigenvalue weighted by atomic mass is 32.1. The maximum Gasteiger partial charge on any atom is 0.283 e. The van der Waals surface area contributed by atoms with E-state index in [0.29, 0.717) is 29.6 Å². The lowest BCUT2D eigenvalue weighted by Gasteiger charge is -2.04. The molecule has 2 amide bonds. The summed E-state index contributed by atoms with van der Waals surface area (Å²) >= 11 is 1.27. The second-order valence-corrected chi connectivity index (χ2v) is 6.80. The largest absolute Gasteiger partial charge is 0.493 e. The number of hydrogen-bond donors (Lipinski definition) is 2. The number of azo groups is 1. The van der Waals surface area contributed by atoms with Crippen LogP contribution in [0.25, 0.3) is 10.9 Å². The summed E-state index contributed by atoms with van der Waals surface area (Å²) in [7, 11) is 0. The van der Waals surface area contributed by atoms with Crippen molar-refractivity contribution in [3.8, 4) is 11.9 Å². The lowest BCUT2D eigenvalue weighted by atomic mass is 10.2. The second kappa shape index (κ2) is 8.92. The summed E-state index contributed by atoms with van der Waals surface area (Å²) in [5, 5.41) is 31.7. The van der Waals surface area contributed by atoms with E-state index in [9.17, 15) is 14.7 Å². The number of hydrogen-bond acceptors (Lipinski definition) is 6. The molecule has 0 fully saturated rings. The van der Waals surface area contributed by atoms with Gasteiger partial charge < -0.3 is 15.0 Å². The minimum Gasteiger partial charge on any atom is -0.493 e. The lowest BCUT2D eigenvalue weighted by Crippen LogP contribution is -2.27. The zero-order chi connectivity index (χ0) is 19.9. The molecule has 0 spiro atoms. The van der Waals surface area contributed by atoms with Crippen LogP contribution in [0.1, 0.15) is 22.5 Å². The van der Waals surface area contributed by atoms with Crippen LogP contribution in [0.2, 0.25) is 0 Å². The Morgan fingerprint density at radius 3 is 2.82 bits per heavy atom. The van der Waals surface area contributed by atoms with Gasteiger partial charge in [0.15, 0.2) is 5.69 Å². The minimum absolute atomic E-state index is 0.113. The van der Waals surface area contributed by atoms with Crippen LogP contribution in [0, 0.1) is 11.3 Å². The van der Waals surface area contributed by atoms with E-state index in [1.165, 1.54) is 11.3 Å². The number of para-hydroxylation sites is 1. The van der Waals surface area contributed by atoms with Crippen molar-refractivity contribution >= 4 is 39.7 Å². The van der Waals surface area contributed by atoms with Crippen molar-refractivity contribution in [2.24, 2.45) is 10.2 Å². The van der Waals surface area contributed by atoms with Gasteiger partial charge in [0.05, 0.1) is 16.5 Å². The summed E-state index contributed by atoms with van der Waals surface area (Å²) in [5.41, 5.74) is 0.927. The number of nitriles is 1. The molecule has 28 heavy (non-hydrogen) atoms. The van der Waals surface area contributed by atoms with Crippen LogP contribution in [0.4, 0.5) is 5.69 Å². The molecule has 0 aliphatic rings. The number of aryl methyl sites for hydroxylation is 1. The Morgan fingerprint density at radius 2 is 2.07 bits per heavy atom. The Labute approximate surface area is 164 Å². The highest BCUT2D eigenvalue weighted by Crippen LogP contribution is 2.38. The predicted octanol–water partition coefficient (Wildman–Crippen LogP) is 3.75. The topological polar surface area (TPSA) is 120 Å². The number of carbonyl (C=O) groups is 2. The smallest absolute Gasteiger partial charge is 0.283 e. The van der Waals surface area contributed by atoms with Gasteiger partial charge in [0.2, 0.25) is 5.88 Å². The van der Waals surface area contributed by atoms with Gasteiger partial charge in [-0.05, 0) is 23.9 Å². The van der Waals surface area contributed by atoms with Crippen LogP contribution in [-0.4, -0.2) is 28.0 Å². The molecule has 0 unspecified atom stereocenters. The molecular weight excluding hydrogens is 378 g/mol. The number of rotatable bonds is 7. The maximum absolute atomic E-state index is 12.0. The summed E-state index contributed by atoms with van der Waals surface area (Å²) in [6.07, 6.45) is 0.943. The summed E-state index contributed by atoms with van der Waals surface area (Å²) in [5.74, 6) is -1.10. The van der Waals surface area contributed by atoms with E-state index in [2.05, 4.69) is 21.6 Å². The van der Waals surface area contributed by atoms with Gasteiger partial charge in [-0.2, -0.15) is 5.26 Å². The van der Waals surface area contributed by atoms with E-state index < -0.39 is 5.91 Å². The number of aromatic nitrogens is 1. The maximum atomic E-state index is 12.0. The van der Waals surface area contributed by atoms with E-state index in [1.54, 1.807) is 34.2 Å². The first-order valence-electron chi connectivity index (χ1n) is 8.55. The Morgan fingerprint density at radius 1 is 1.25 bits per heavy atom. The van der Waals surface area contributed by atoms with Gasteiger partial charge in [-0.1, -0.05) is 24.3 Å². The van der Waals surface area contributed by atoms with E-state index in [1.807, 2.05) is 12.1 Å². The highest BCUT2D eigenvalue weighted by molar-refractivity contribution is 7.12. The first kappa shape index (κ1) is 19.3. The predicted molar refractivity (Wildman–Crippen MR) is 105 cm³/mol. The van der Waals surface area contributed by atoms with Crippen molar-refractivity contribution in [3.05, 3.63) is 46.7 Å². The fourth-order valence-corrected chi connectivity index (χ4v) is 3.34. The molecule has 3 rings (SSSR count). The fraction of sp³-hybridized carbons (Fsp3) is 0.211. The molecule has 2 aromatic heterocycles. The zero-order valence-corrected chi connectivity index (χ0v) is 15.6. The van der Waals surface area contributed by atoms with Gasteiger partial charge in [-0.15, -0.1) is 21.6 Å². The van der Waals surface area contributed by atoms with Gasteiger partial charge in [-0.3, -0.25) is 9.59 Å². The number of nitrogens with one attached hydrogen (secondary N) is 1. The van der Waals surface area contributed by atoms with Gasteiger partial charge in [-0.25, -0.2) is 0 Å². The Bertz CT molecular complexity index is 1060. The average Bonchev–Trinajstić information content (AvgIpc) is 3.32. The van der Waals surface area contributed by atoms with Crippen molar-refractivity contribution < 1.29 is 14.7 Å². The number of fused-ring (bicyclic) bond motifs is 1. The molecule has 2 N–H and O–H groups in total. The van der Waals surface area contributed by atoms with Crippen LogP contribution in [0.15, 0.2) is 52.0 Å². The first-order chi connectivity index (χ1) is 13.6. The molecule has 9 heteroatoms. The normalized spacial score (nSPS) is 11.0. The van der Waals surface area contributed by atoms with E-state index in [4.69, 9.17) is 5.26 Å². The Hall–Kier alpha value is -3.51. The molecule has 0 aliphatic carbocycles. The van der Waals surface area contributed by atoms with Crippen molar-refractivity contribution in [2.45, 2.75) is 19.4 Å².